The van der Waals surface area contributed by atoms with Crippen LogP contribution in [0.5, 0.6) is 11.5 Å². The molecule has 0 aliphatic carbocycles. The van der Waals surface area contributed by atoms with Gasteiger partial charge in [0.25, 0.3) is 5.91 Å². The van der Waals surface area contributed by atoms with Crippen LogP contribution in [0.1, 0.15) is 19.8 Å². The van der Waals surface area contributed by atoms with Crippen LogP contribution >= 0.6 is 0 Å². The first kappa shape index (κ1) is 21.6. The molecular weight excluding hydrogens is 404 g/mol. The fourth-order valence-electron chi connectivity index (χ4n) is 3.66. The molecule has 1 amide bonds. The number of hydrogen-bond acceptors (Lipinski definition) is 6. The molecule has 0 radical (unpaired) electrons. The number of carbonyl (C=O) groups is 1. The van der Waals surface area contributed by atoms with Gasteiger partial charge in [0.15, 0.2) is 12.4 Å². The van der Waals surface area contributed by atoms with E-state index in [4.69, 9.17) is 9.47 Å². The molecule has 32 heavy (non-hydrogen) atoms. The Morgan fingerprint density at radius 3 is 2.47 bits per heavy atom. The molecule has 0 unspecified atom stereocenters. The number of ether oxygens (including phenoxy) is 2. The Kier molecular flexibility index (Phi) is 6.84. The van der Waals surface area contributed by atoms with Gasteiger partial charge in [-0.1, -0.05) is 19.1 Å². The maximum atomic E-state index is 12.3. The van der Waals surface area contributed by atoms with Crippen LogP contribution in [0, 0.1) is 5.92 Å². The number of amides is 1. The number of methoxy groups -OCH3 is 1. The molecule has 1 N–H and O–H groups in total. The fraction of sp³-hybridized carbons (Fsp3) is 0.320. The quantitative estimate of drug-likeness (QED) is 0.596. The van der Waals surface area contributed by atoms with Crippen molar-refractivity contribution >= 4 is 17.4 Å². The summed E-state index contributed by atoms with van der Waals surface area (Å²) in [6.07, 6.45) is 2.38. The smallest absolute Gasteiger partial charge is 0.262 e. The Bertz CT molecular complexity index is 1030. The van der Waals surface area contributed by atoms with Crippen molar-refractivity contribution in [1.29, 1.82) is 0 Å². The second-order valence-corrected chi connectivity index (χ2v) is 8.04. The summed E-state index contributed by atoms with van der Waals surface area (Å²) in [4.78, 5) is 14.6. The SMILES string of the molecule is COc1ccc(OCC(=O)Nc2cccc(-c3ccc(N4CCC(C)CC4)nn3)c2)cc1. The molecule has 0 atom stereocenters. The number of aromatic nitrogens is 2. The molecule has 0 saturated carbocycles. The molecule has 4 rings (SSSR count). The lowest BCUT2D eigenvalue weighted by molar-refractivity contribution is -0.118. The van der Waals surface area contributed by atoms with Crippen molar-refractivity contribution in [2.75, 3.05) is 37.0 Å². The van der Waals surface area contributed by atoms with E-state index in [1.807, 2.05) is 36.4 Å². The standard InChI is InChI=1S/C25H28N4O3/c1-18-12-14-29(15-13-18)24-11-10-23(27-28-24)19-4-3-5-20(16-19)26-25(30)17-32-22-8-6-21(31-2)7-9-22/h3-11,16,18H,12-15,17H2,1-2H3,(H,26,30). The van der Waals surface area contributed by atoms with Crippen LogP contribution in [0.2, 0.25) is 0 Å². The largest absolute Gasteiger partial charge is 0.497 e. The zero-order chi connectivity index (χ0) is 22.3. The fourth-order valence-corrected chi connectivity index (χ4v) is 3.66. The zero-order valence-corrected chi connectivity index (χ0v) is 18.5. The van der Waals surface area contributed by atoms with E-state index < -0.39 is 0 Å². The maximum absolute atomic E-state index is 12.3. The first-order valence-electron chi connectivity index (χ1n) is 10.9. The predicted octanol–water partition coefficient (Wildman–Crippen LogP) is 4.41. The van der Waals surface area contributed by atoms with Crippen LogP contribution in [0.3, 0.4) is 0 Å². The molecule has 0 bridgehead atoms. The molecule has 1 aromatic heterocycles. The van der Waals surface area contributed by atoms with E-state index >= 15 is 0 Å². The number of benzene rings is 2. The summed E-state index contributed by atoms with van der Waals surface area (Å²) in [5.74, 6) is 2.80. The van der Waals surface area contributed by atoms with E-state index in [-0.39, 0.29) is 12.5 Å². The van der Waals surface area contributed by atoms with Gasteiger partial charge in [-0.25, -0.2) is 0 Å². The Morgan fingerprint density at radius 1 is 1.03 bits per heavy atom. The van der Waals surface area contributed by atoms with Crippen molar-refractivity contribution < 1.29 is 14.3 Å². The van der Waals surface area contributed by atoms with Crippen LogP contribution in [-0.4, -0.2) is 42.9 Å². The van der Waals surface area contributed by atoms with Gasteiger partial charge in [0, 0.05) is 24.3 Å². The lowest BCUT2D eigenvalue weighted by Crippen LogP contribution is -2.33. The number of hydrogen-bond donors (Lipinski definition) is 1. The van der Waals surface area contributed by atoms with Gasteiger partial charge in [0.1, 0.15) is 11.5 Å². The summed E-state index contributed by atoms with van der Waals surface area (Å²) in [7, 11) is 1.60. The molecule has 166 valence electrons. The highest BCUT2D eigenvalue weighted by Gasteiger charge is 2.17. The summed E-state index contributed by atoms with van der Waals surface area (Å²) in [5, 5.41) is 11.7. The van der Waals surface area contributed by atoms with Crippen LogP contribution in [-0.2, 0) is 4.79 Å². The minimum Gasteiger partial charge on any atom is -0.497 e. The van der Waals surface area contributed by atoms with Gasteiger partial charge in [-0.2, -0.15) is 0 Å². The minimum absolute atomic E-state index is 0.0838. The molecule has 7 nitrogen and oxygen atoms in total. The summed E-state index contributed by atoms with van der Waals surface area (Å²) < 4.78 is 10.7. The Morgan fingerprint density at radius 2 is 1.78 bits per heavy atom. The molecule has 1 aliphatic heterocycles. The van der Waals surface area contributed by atoms with Gasteiger partial charge >= 0.3 is 0 Å². The lowest BCUT2D eigenvalue weighted by Gasteiger charge is -2.30. The second-order valence-electron chi connectivity index (χ2n) is 8.04. The third kappa shape index (κ3) is 5.55. The van der Waals surface area contributed by atoms with Gasteiger partial charge in [-0.15, -0.1) is 10.2 Å². The average Bonchev–Trinajstić information content (AvgIpc) is 2.84. The lowest BCUT2D eigenvalue weighted by atomic mass is 9.99. The van der Waals surface area contributed by atoms with E-state index in [0.29, 0.717) is 11.4 Å². The Hall–Kier alpha value is -3.61. The highest BCUT2D eigenvalue weighted by Crippen LogP contribution is 2.24. The monoisotopic (exact) mass is 432 g/mol. The summed E-state index contributed by atoms with van der Waals surface area (Å²) in [5.41, 5.74) is 2.34. The van der Waals surface area contributed by atoms with Crippen LogP contribution in [0.4, 0.5) is 11.5 Å². The Balaban J connectivity index is 1.34. The maximum Gasteiger partial charge on any atom is 0.262 e. The highest BCUT2D eigenvalue weighted by molar-refractivity contribution is 5.92. The van der Waals surface area contributed by atoms with Crippen molar-refractivity contribution in [3.63, 3.8) is 0 Å². The second kappa shape index (κ2) is 10.1. The van der Waals surface area contributed by atoms with Gasteiger partial charge < -0.3 is 19.7 Å². The van der Waals surface area contributed by atoms with E-state index in [1.54, 1.807) is 31.4 Å². The number of nitrogens with zero attached hydrogens (tertiary/aromatic N) is 3. The minimum atomic E-state index is -0.237. The molecule has 3 aromatic rings. The van der Waals surface area contributed by atoms with E-state index in [9.17, 15) is 4.79 Å². The van der Waals surface area contributed by atoms with Crippen molar-refractivity contribution in [2.24, 2.45) is 5.92 Å². The first-order valence-corrected chi connectivity index (χ1v) is 10.9. The van der Waals surface area contributed by atoms with E-state index in [0.717, 1.165) is 41.8 Å². The molecule has 0 spiro atoms. The van der Waals surface area contributed by atoms with Crippen LogP contribution in [0.15, 0.2) is 60.7 Å². The third-order valence-electron chi connectivity index (χ3n) is 5.63. The molecule has 2 aromatic carbocycles. The zero-order valence-electron chi connectivity index (χ0n) is 18.5. The molecule has 1 fully saturated rings. The first-order chi connectivity index (χ1) is 15.6. The molecule has 1 saturated heterocycles. The van der Waals surface area contributed by atoms with Gasteiger partial charge in [0.05, 0.1) is 12.8 Å². The molecule has 1 aliphatic rings. The molecule has 7 heteroatoms. The summed E-state index contributed by atoms with van der Waals surface area (Å²) >= 11 is 0. The summed E-state index contributed by atoms with van der Waals surface area (Å²) in [6.45, 7) is 4.26. The number of nitrogens with one attached hydrogen (secondary N) is 1. The van der Waals surface area contributed by atoms with E-state index in [1.165, 1.54) is 12.8 Å². The number of carbonyl (C=O) groups excluding carboxylic acids is 1. The van der Waals surface area contributed by atoms with Gasteiger partial charge in [-0.05, 0) is 67.3 Å². The number of anilines is 2. The summed E-state index contributed by atoms with van der Waals surface area (Å²) in [6, 6.07) is 18.7. The highest BCUT2D eigenvalue weighted by atomic mass is 16.5. The van der Waals surface area contributed by atoms with Crippen molar-refractivity contribution in [3.05, 3.63) is 60.7 Å². The average molecular weight is 433 g/mol. The van der Waals surface area contributed by atoms with E-state index in [2.05, 4.69) is 27.3 Å². The molecule has 2 heterocycles. The topological polar surface area (TPSA) is 76.6 Å². The van der Waals surface area contributed by atoms with Crippen molar-refractivity contribution in [1.82, 2.24) is 10.2 Å². The third-order valence-corrected chi connectivity index (χ3v) is 5.63. The van der Waals surface area contributed by atoms with Crippen LogP contribution < -0.4 is 19.7 Å². The number of piperidine rings is 1. The van der Waals surface area contributed by atoms with Gasteiger partial charge in [0.2, 0.25) is 0 Å². The number of rotatable bonds is 7. The van der Waals surface area contributed by atoms with Crippen LogP contribution in [0.25, 0.3) is 11.3 Å². The van der Waals surface area contributed by atoms with Gasteiger partial charge in [-0.3, -0.25) is 4.79 Å². The predicted molar refractivity (Wildman–Crippen MR) is 125 cm³/mol. The molecular formula is C25H28N4O3. The van der Waals surface area contributed by atoms with Crippen molar-refractivity contribution in [3.8, 4) is 22.8 Å². The normalized spacial score (nSPS) is 14.1. The van der Waals surface area contributed by atoms with Crippen molar-refractivity contribution in [2.45, 2.75) is 19.8 Å². The Labute approximate surface area is 188 Å².